The van der Waals surface area contributed by atoms with Crippen molar-refractivity contribution in [1.29, 1.82) is 0 Å². The Morgan fingerprint density at radius 3 is 2.52 bits per heavy atom. The number of piperidine rings is 1. The fraction of sp³-hybridized carbons (Fsp3) is 0.417. The third-order valence-electron chi connectivity index (χ3n) is 8.98. The normalized spacial score (nSPS) is 20.1. The Morgan fingerprint density at radius 2 is 1.77 bits per heavy atom. The molecule has 2 N–H and O–H groups in total. The Balaban J connectivity index is 1.05. The van der Waals surface area contributed by atoms with Crippen molar-refractivity contribution < 1.29 is 14.3 Å². The van der Waals surface area contributed by atoms with Crippen LogP contribution >= 0.6 is 0 Å². The van der Waals surface area contributed by atoms with E-state index in [0.29, 0.717) is 17.7 Å². The minimum Gasteiger partial charge on any atom is -0.494 e. The largest absolute Gasteiger partial charge is 0.494 e. The van der Waals surface area contributed by atoms with Crippen molar-refractivity contribution in [3.8, 4) is 5.69 Å². The van der Waals surface area contributed by atoms with E-state index in [0.717, 1.165) is 73.4 Å². The van der Waals surface area contributed by atoms with Crippen molar-refractivity contribution in [3.05, 3.63) is 95.4 Å². The number of rotatable bonds is 6. The molecule has 2 atom stereocenters. The molecule has 0 radical (unpaired) electrons. The molecule has 0 spiro atoms. The van der Waals surface area contributed by atoms with Gasteiger partial charge in [-0.15, -0.1) is 0 Å². The zero-order chi connectivity index (χ0) is 30.8. The molecular formula is C36H43N5O3. The van der Waals surface area contributed by atoms with Gasteiger partial charge in [0.15, 0.2) is 0 Å². The molecule has 0 bridgehead atoms. The number of fused-ring (bicyclic) bond motifs is 1. The number of amides is 3. The van der Waals surface area contributed by atoms with Crippen molar-refractivity contribution in [2.45, 2.75) is 71.3 Å². The molecule has 2 aliphatic heterocycles. The van der Waals surface area contributed by atoms with Crippen LogP contribution in [0.25, 0.3) is 5.69 Å². The monoisotopic (exact) mass is 593 g/mol. The van der Waals surface area contributed by atoms with Gasteiger partial charge in [-0.2, -0.15) is 5.10 Å². The van der Waals surface area contributed by atoms with Gasteiger partial charge in [-0.1, -0.05) is 50.6 Å². The van der Waals surface area contributed by atoms with Gasteiger partial charge < -0.3 is 15.0 Å². The van der Waals surface area contributed by atoms with Crippen LogP contribution in [-0.2, 0) is 21.4 Å². The van der Waals surface area contributed by atoms with E-state index >= 15 is 0 Å². The molecule has 8 heteroatoms. The van der Waals surface area contributed by atoms with E-state index in [4.69, 9.17) is 9.84 Å². The lowest BCUT2D eigenvalue weighted by Crippen LogP contribution is -2.40. The number of ether oxygens (including phenoxy) is 1. The summed E-state index contributed by atoms with van der Waals surface area (Å²) >= 11 is 0. The second kappa shape index (κ2) is 12.3. The zero-order valence-corrected chi connectivity index (χ0v) is 26.2. The van der Waals surface area contributed by atoms with Crippen LogP contribution in [0.5, 0.6) is 0 Å². The number of hydrogen-bond donors (Lipinski definition) is 2. The first-order valence-corrected chi connectivity index (χ1v) is 15.8. The first-order valence-electron chi connectivity index (χ1n) is 15.8. The Bertz CT molecular complexity index is 1570. The highest BCUT2D eigenvalue weighted by Crippen LogP contribution is 2.33. The summed E-state index contributed by atoms with van der Waals surface area (Å²) in [5.74, 6) is 1.70. The molecule has 3 aliphatic rings. The molecule has 44 heavy (non-hydrogen) atoms. The van der Waals surface area contributed by atoms with Crippen molar-refractivity contribution in [1.82, 2.24) is 14.7 Å². The van der Waals surface area contributed by atoms with Crippen molar-refractivity contribution in [2.75, 3.05) is 23.7 Å². The van der Waals surface area contributed by atoms with Crippen LogP contribution in [-0.4, -0.2) is 45.8 Å². The third kappa shape index (κ3) is 6.74. The molecule has 1 saturated heterocycles. The number of carbonyl (C=O) groups excluding carboxylic acids is 2. The van der Waals surface area contributed by atoms with E-state index in [2.05, 4.69) is 43.5 Å². The lowest BCUT2D eigenvalue weighted by atomic mass is 9.86. The van der Waals surface area contributed by atoms with Gasteiger partial charge in [-0.3, -0.25) is 10.1 Å². The van der Waals surface area contributed by atoms with E-state index in [1.54, 1.807) is 10.9 Å². The van der Waals surface area contributed by atoms with Crippen LogP contribution in [0.2, 0.25) is 0 Å². The predicted octanol–water partition coefficient (Wildman–Crippen LogP) is 7.15. The lowest BCUT2D eigenvalue weighted by molar-refractivity contribution is -0.128. The topological polar surface area (TPSA) is 88.5 Å². The van der Waals surface area contributed by atoms with Gasteiger partial charge in [-0.25, -0.2) is 9.48 Å². The average molecular weight is 594 g/mol. The average Bonchev–Trinajstić information content (AvgIpc) is 3.65. The third-order valence-corrected chi connectivity index (χ3v) is 8.98. The van der Waals surface area contributed by atoms with E-state index in [-0.39, 0.29) is 23.5 Å². The molecule has 6 rings (SSSR count). The van der Waals surface area contributed by atoms with Gasteiger partial charge in [0.1, 0.15) is 11.9 Å². The number of nitrogens with one attached hydrogen (secondary N) is 2. The van der Waals surface area contributed by atoms with E-state index in [9.17, 15) is 9.59 Å². The van der Waals surface area contributed by atoms with Gasteiger partial charge in [0.05, 0.1) is 17.6 Å². The van der Waals surface area contributed by atoms with Gasteiger partial charge in [0, 0.05) is 41.7 Å². The predicted molar refractivity (Wildman–Crippen MR) is 174 cm³/mol. The van der Waals surface area contributed by atoms with Crippen molar-refractivity contribution >= 4 is 23.4 Å². The minimum atomic E-state index is -0.315. The molecular weight excluding hydrogens is 550 g/mol. The van der Waals surface area contributed by atoms with Crippen LogP contribution < -0.4 is 10.6 Å². The Kier molecular flexibility index (Phi) is 8.34. The Labute approximate surface area is 260 Å². The fourth-order valence-electron chi connectivity index (χ4n) is 6.30. The minimum absolute atomic E-state index is 0.0273. The Hall–Kier alpha value is -4.33. The molecule has 1 aromatic heterocycles. The fourth-order valence-corrected chi connectivity index (χ4v) is 6.30. The summed E-state index contributed by atoms with van der Waals surface area (Å²) in [5, 5.41) is 10.8. The summed E-state index contributed by atoms with van der Waals surface area (Å²) in [7, 11) is 0. The molecule has 0 saturated carbocycles. The van der Waals surface area contributed by atoms with Crippen molar-refractivity contribution in [2.24, 2.45) is 11.8 Å². The molecule has 8 nitrogen and oxygen atoms in total. The molecule has 3 amide bonds. The summed E-state index contributed by atoms with van der Waals surface area (Å²) in [6.45, 7) is 9.93. The molecule has 230 valence electrons. The smallest absolute Gasteiger partial charge is 0.324 e. The summed E-state index contributed by atoms with van der Waals surface area (Å²) in [6.07, 6.45) is 10.6. The van der Waals surface area contributed by atoms with Gasteiger partial charge in [-0.05, 0) is 86.9 Å². The summed E-state index contributed by atoms with van der Waals surface area (Å²) in [6, 6.07) is 17.8. The zero-order valence-electron chi connectivity index (χ0n) is 26.2. The Morgan fingerprint density at radius 1 is 1.00 bits per heavy atom. The van der Waals surface area contributed by atoms with Crippen LogP contribution in [0.1, 0.15) is 63.3 Å². The number of likely N-dealkylation sites (tertiary alicyclic amines) is 1. The van der Waals surface area contributed by atoms with Crippen LogP contribution in [0.15, 0.2) is 78.6 Å². The summed E-state index contributed by atoms with van der Waals surface area (Å²) < 4.78 is 7.44. The SMILES string of the molecule is Cc1ccc(-n2nc(C(C)(C)C)cc2NC(=O)Nc2cccc(CC3CCN(C(=O)C4=CC5OC=CC5CC4)CC3)c2)cc1. The number of carbonyl (C=O) groups is 2. The number of hydrogen-bond acceptors (Lipinski definition) is 4. The second-order valence-corrected chi connectivity index (χ2v) is 13.5. The highest BCUT2D eigenvalue weighted by atomic mass is 16.5. The number of aromatic nitrogens is 2. The highest BCUT2D eigenvalue weighted by molar-refractivity contribution is 5.99. The van der Waals surface area contributed by atoms with Gasteiger partial charge in [0.25, 0.3) is 0 Å². The molecule has 2 aromatic carbocycles. The maximum atomic E-state index is 13.2. The van der Waals surface area contributed by atoms with Crippen molar-refractivity contribution in [3.63, 3.8) is 0 Å². The molecule has 3 heterocycles. The van der Waals surface area contributed by atoms with Crippen LogP contribution in [0, 0.1) is 18.8 Å². The maximum absolute atomic E-state index is 13.2. The molecule has 1 aliphatic carbocycles. The number of urea groups is 1. The first kappa shape index (κ1) is 29.7. The first-order chi connectivity index (χ1) is 21.1. The van der Waals surface area contributed by atoms with E-state index < -0.39 is 0 Å². The molecule has 1 fully saturated rings. The lowest BCUT2D eigenvalue weighted by Gasteiger charge is -2.34. The second-order valence-electron chi connectivity index (χ2n) is 13.5. The summed E-state index contributed by atoms with van der Waals surface area (Å²) in [4.78, 5) is 28.3. The number of nitrogens with zero attached hydrogens (tertiary/aromatic N) is 3. The number of anilines is 2. The van der Waals surface area contributed by atoms with E-state index in [1.165, 1.54) is 5.56 Å². The molecule has 2 unspecified atom stereocenters. The maximum Gasteiger partial charge on any atom is 0.324 e. The number of benzene rings is 2. The van der Waals surface area contributed by atoms with Crippen LogP contribution in [0.3, 0.4) is 0 Å². The van der Waals surface area contributed by atoms with Crippen LogP contribution in [0.4, 0.5) is 16.3 Å². The van der Waals surface area contributed by atoms with Gasteiger partial charge >= 0.3 is 6.03 Å². The standard InChI is InChI=1S/C36H43N5O3/c1-24-8-12-30(13-9-24)41-33(23-32(39-41)36(2,3)4)38-35(43)37-29-7-5-6-26(21-29)20-25-14-17-40(18-15-25)34(42)28-11-10-27-16-19-44-31(27)22-28/h5-9,12-13,16,19,21-23,25,27,31H,10-11,14-15,17-18,20H2,1-4H3,(H2,37,38,43). The highest BCUT2D eigenvalue weighted by Gasteiger charge is 2.32. The number of aryl methyl sites for hydroxylation is 1. The van der Waals surface area contributed by atoms with E-state index in [1.807, 2.05) is 66.4 Å². The van der Waals surface area contributed by atoms with Gasteiger partial charge in [0.2, 0.25) is 5.91 Å². The summed E-state index contributed by atoms with van der Waals surface area (Å²) in [5.41, 5.74) is 5.61. The molecule has 3 aromatic rings. The quantitative estimate of drug-likeness (QED) is 0.318.